The van der Waals surface area contributed by atoms with Crippen molar-refractivity contribution < 1.29 is 34.8 Å². The van der Waals surface area contributed by atoms with Crippen molar-refractivity contribution in [2.45, 2.75) is 51.2 Å². The van der Waals surface area contributed by atoms with E-state index in [9.17, 15) is 34.8 Å². The van der Waals surface area contributed by atoms with Gasteiger partial charge in [0, 0.05) is 29.3 Å². The van der Waals surface area contributed by atoms with Crippen molar-refractivity contribution in [2.75, 3.05) is 26.0 Å². The second-order valence-corrected chi connectivity index (χ2v) is 9.78. The zero-order chi connectivity index (χ0) is 26.7. The monoisotopic (exact) mass is 499 g/mol. The predicted molar refractivity (Wildman–Crippen MR) is 132 cm³/mol. The highest BCUT2D eigenvalue weighted by molar-refractivity contribution is 6.24. The second kappa shape index (κ2) is 8.94. The first-order chi connectivity index (χ1) is 17.0. The van der Waals surface area contributed by atoms with E-state index in [2.05, 4.69) is 5.32 Å². The van der Waals surface area contributed by atoms with Crippen LogP contribution < -0.4 is 11.1 Å². The van der Waals surface area contributed by atoms with E-state index < -0.39 is 58.0 Å². The van der Waals surface area contributed by atoms with Gasteiger partial charge in [0.2, 0.25) is 5.78 Å². The molecule has 0 saturated heterocycles. The number of hydrogen-bond donors (Lipinski definition) is 6. The number of rotatable bonds is 2. The normalized spacial score (nSPS) is 28.9. The number of amides is 1. The molecule has 1 aromatic carbocycles. The van der Waals surface area contributed by atoms with Gasteiger partial charge in [0.1, 0.15) is 22.8 Å². The van der Waals surface area contributed by atoms with E-state index >= 15 is 0 Å². The summed E-state index contributed by atoms with van der Waals surface area (Å²) in [6, 6.07) is 0.774. The quantitative estimate of drug-likeness (QED) is 0.328. The summed E-state index contributed by atoms with van der Waals surface area (Å²) in [5.74, 6) is -6.30. The number of hydrogen-bond acceptors (Lipinski definition) is 9. The second-order valence-electron chi connectivity index (χ2n) is 9.78. The van der Waals surface area contributed by atoms with Gasteiger partial charge in [-0.2, -0.15) is 0 Å². The van der Waals surface area contributed by atoms with Gasteiger partial charge in [-0.25, -0.2) is 0 Å². The zero-order valence-electron chi connectivity index (χ0n) is 20.9. The number of aliphatic hydroxyl groups excluding tert-OH is 2. The first kappa shape index (κ1) is 25.7. The number of nitrogens with one attached hydrogen (secondary N) is 1. The molecule has 1 heterocycles. The number of nitrogens with two attached hydrogens (primary N) is 1. The van der Waals surface area contributed by atoms with Crippen LogP contribution in [0.3, 0.4) is 0 Å². The van der Waals surface area contributed by atoms with E-state index in [0.29, 0.717) is 17.5 Å². The van der Waals surface area contributed by atoms with Crippen molar-refractivity contribution in [1.29, 1.82) is 0 Å². The summed E-state index contributed by atoms with van der Waals surface area (Å²) in [6.45, 7) is 4.76. The molecule has 4 aliphatic rings. The van der Waals surface area contributed by atoms with Crippen LogP contribution in [-0.2, 0) is 27.2 Å². The van der Waals surface area contributed by atoms with Crippen molar-refractivity contribution in [3.63, 3.8) is 0 Å². The summed E-state index contributed by atoms with van der Waals surface area (Å²) in [7, 11) is 3.15. The summed E-state index contributed by atoms with van der Waals surface area (Å²) in [5.41, 5.74) is 3.97. The van der Waals surface area contributed by atoms with Crippen LogP contribution in [0.15, 0.2) is 23.0 Å². The summed E-state index contributed by atoms with van der Waals surface area (Å²) < 4.78 is 0. The molecule has 1 fully saturated rings. The number of carbonyl (C=O) groups excluding carboxylic acids is 3. The van der Waals surface area contributed by atoms with E-state index in [4.69, 9.17) is 5.73 Å². The fraction of sp³-hybridized carbons (Fsp3) is 0.500. The molecule has 7 N–H and O–H groups in total. The fourth-order valence-electron chi connectivity index (χ4n) is 6.24. The molecule has 10 heteroatoms. The van der Waals surface area contributed by atoms with Gasteiger partial charge in [0.05, 0.1) is 11.6 Å². The molecule has 0 unspecified atom stereocenters. The number of benzene rings is 1. The molecular weight excluding hydrogens is 466 g/mol. The van der Waals surface area contributed by atoms with Gasteiger partial charge in [-0.05, 0) is 57.3 Å². The third-order valence-corrected chi connectivity index (χ3v) is 7.74. The molecular formula is C26H33N3O7. The minimum Gasteiger partial charge on any atom is -0.508 e. The number of nitrogens with zero attached hydrogens (tertiary/aromatic N) is 1. The Bertz CT molecular complexity index is 1230. The molecule has 0 spiro atoms. The van der Waals surface area contributed by atoms with E-state index in [-0.39, 0.29) is 29.7 Å². The zero-order valence-corrected chi connectivity index (χ0v) is 20.9. The number of ketones is 2. The average molecular weight is 500 g/mol. The lowest BCUT2D eigenvalue weighted by Crippen LogP contribution is -2.65. The van der Waals surface area contributed by atoms with Gasteiger partial charge in [-0.3, -0.25) is 19.3 Å². The molecule has 1 aromatic rings. The average Bonchev–Trinajstić information content (AvgIpc) is 2.82. The lowest BCUT2D eigenvalue weighted by Gasteiger charge is -2.50. The van der Waals surface area contributed by atoms with Crippen LogP contribution >= 0.6 is 0 Å². The Morgan fingerprint density at radius 3 is 2.47 bits per heavy atom. The SMILES string of the molecule is CC.CN(C)[C@@H]1C(=O)C(C(N)=O)=C(O)[C@@]2(O)C(=O)C3=C(O)c4c(cc5c(c4O)CCCN5)C[C@H]3C[C@@H]12. The number of aromatic hydroxyl groups is 1. The highest BCUT2D eigenvalue weighted by Crippen LogP contribution is 2.53. The van der Waals surface area contributed by atoms with Crippen LogP contribution in [0.25, 0.3) is 5.76 Å². The van der Waals surface area contributed by atoms with Gasteiger partial charge in [0.25, 0.3) is 5.91 Å². The minimum absolute atomic E-state index is 0.0804. The Morgan fingerprint density at radius 1 is 1.19 bits per heavy atom. The van der Waals surface area contributed by atoms with Crippen molar-refractivity contribution >= 4 is 28.9 Å². The highest BCUT2D eigenvalue weighted by Gasteiger charge is 2.64. The Hall–Kier alpha value is -3.37. The largest absolute Gasteiger partial charge is 0.508 e. The summed E-state index contributed by atoms with van der Waals surface area (Å²) in [4.78, 5) is 40.3. The standard InChI is InChI=1S/C24H27N3O7.C2H6/c1-27(2)17-12-7-9-6-10-8-13-11(4-3-5-26-13)18(28)14(10)19(29)15(9)21(31)24(12,34)22(32)16(20(17)30)23(25)33;1-2/h8-9,12,17,26,28-29,32,34H,3-7H2,1-2H3,(H2,25,33);1-2H3/t9-,12-,17-,24-;/m0./s1. The van der Waals surface area contributed by atoms with E-state index in [1.807, 2.05) is 19.9 Å². The summed E-state index contributed by atoms with van der Waals surface area (Å²) in [6.07, 6.45) is 1.77. The third-order valence-electron chi connectivity index (χ3n) is 7.74. The van der Waals surface area contributed by atoms with Crippen molar-refractivity contribution in [3.8, 4) is 5.75 Å². The molecule has 3 aliphatic carbocycles. The Balaban J connectivity index is 0.00000148. The molecule has 194 valence electrons. The van der Waals surface area contributed by atoms with Gasteiger partial charge >= 0.3 is 0 Å². The first-order valence-electron chi connectivity index (χ1n) is 12.3. The third kappa shape index (κ3) is 3.35. The Morgan fingerprint density at radius 2 is 1.86 bits per heavy atom. The molecule has 0 bridgehead atoms. The van der Waals surface area contributed by atoms with E-state index in [1.54, 1.807) is 14.1 Å². The molecule has 0 radical (unpaired) electrons. The van der Waals surface area contributed by atoms with Crippen LogP contribution in [0, 0.1) is 11.8 Å². The van der Waals surface area contributed by atoms with Gasteiger partial charge in [0.15, 0.2) is 11.4 Å². The topological polar surface area (TPSA) is 173 Å². The number of aliphatic hydroxyl groups is 3. The van der Waals surface area contributed by atoms with E-state index in [1.165, 1.54) is 4.90 Å². The number of phenols is 1. The number of anilines is 1. The van der Waals surface area contributed by atoms with Crippen molar-refractivity contribution in [2.24, 2.45) is 17.6 Å². The maximum absolute atomic E-state index is 13.8. The molecule has 1 aliphatic heterocycles. The van der Waals surface area contributed by atoms with Crippen LogP contribution in [0.2, 0.25) is 0 Å². The van der Waals surface area contributed by atoms with Crippen LogP contribution in [0.1, 0.15) is 43.4 Å². The fourth-order valence-corrected chi connectivity index (χ4v) is 6.24. The Labute approximate surface area is 209 Å². The summed E-state index contributed by atoms with van der Waals surface area (Å²) >= 11 is 0. The minimum atomic E-state index is -2.62. The number of likely N-dealkylation sites (N-methyl/N-ethyl adjacent to an activating group) is 1. The molecule has 1 saturated carbocycles. The van der Waals surface area contributed by atoms with Crippen LogP contribution in [-0.4, -0.2) is 75.1 Å². The van der Waals surface area contributed by atoms with E-state index in [0.717, 1.165) is 18.7 Å². The van der Waals surface area contributed by atoms with Crippen LogP contribution in [0.5, 0.6) is 5.75 Å². The van der Waals surface area contributed by atoms with Crippen LogP contribution in [0.4, 0.5) is 5.69 Å². The maximum atomic E-state index is 13.8. The molecule has 5 rings (SSSR count). The maximum Gasteiger partial charge on any atom is 0.255 e. The summed E-state index contributed by atoms with van der Waals surface area (Å²) in [5, 5.41) is 47.8. The number of fused-ring (bicyclic) bond motifs is 4. The lowest BCUT2D eigenvalue weighted by molar-refractivity contribution is -0.153. The predicted octanol–water partition coefficient (Wildman–Crippen LogP) is 1.35. The van der Waals surface area contributed by atoms with Gasteiger partial charge in [-0.1, -0.05) is 13.8 Å². The van der Waals surface area contributed by atoms with Gasteiger partial charge < -0.3 is 31.5 Å². The number of phenolic OH excluding ortho intramolecular Hbond substituents is 1. The molecule has 10 nitrogen and oxygen atoms in total. The Kier molecular flexibility index (Phi) is 6.38. The first-order valence-corrected chi connectivity index (χ1v) is 12.3. The lowest BCUT2D eigenvalue weighted by atomic mass is 9.57. The molecule has 36 heavy (non-hydrogen) atoms. The molecule has 4 atom stereocenters. The smallest absolute Gasteiger partial charge is 0.255 e. The number of Topliss-reactive ketones (excluding diaryl/α,β-unsaturated/α-hetero) is 2. The van der Waals surface area contributed by atoms with Crippen molar-refractivity contribution in [1.82, 2.24) is 4.90 Å². The number of primary amides is 1. The number of carbonyl (C=O) groups is 3. The van der Waals surface area contributed by atoms with Gasteiger partial charge in [-0.15, -0.1) is 0 Å². The van der Waals surface area contributed by atoms with Crippen molar-refractivity contribution in [3.05, 3.63) is 39.7 Å². The molecule has 0 aromatic heterocycles. The molecule has 1 amide bonds. The highest BCUT2D eigenvalue weighted by atomic mass is 16.3.